The van der Waals surface area contributed by atoms with Gasteiger partial charge in [-0.2, -0.15) is 0 Å². The van der Waals surface area contributed by atoms with Crippen LogP contribution in [0.2, 0.25) is 0 Å². The Labute approximate surface area is 250 Å². The van der Waals surface area contributed by atoms with Gasteiger partial charge in [0.15, 0.2) is 0 Å². The minimum absolute atomic E-state index is 0.0213. The van der Waals surface area contributed by atoms with Crippen molar-refractivity contribution >= 4 is 22.6 Å². The van der Waals surface area contributed by atoms with Crippen molar-refractivity contribution in [3.8, 4) is 28.4 Å². The summed E-state index contributed by atoms with van der Waals surface area (Å²) in [7, 11) is 3.14. The monoisotopic (exact) mass is 586 g/mol. The van der Waals surface area contributed by atoms with Gasteiger partial charge in [0.05, 0.1) is 20.3 Å². The minimum atomic E-state index is -0.842. The van der Waals surface area contributed by atoms with E-state index in [0.29, 0.717) is 56.9 Å². The maximum absolute atomic E-state index is 13.4. The summed E-state index contributed by atoms with van der Waals surface area (Å²) in [6.07, 6.45) is 2.45. The highest BCUT2D eigenvalue weighted by Crippen LogP contribution is 2.39. The lowest BCUT2D eigenvalue weighted by Crippen LogP contribution is -2.44. The van der Waals surface area contributed by atoms with E-state index >= 15 is 0 Å². The van der Waals surface area contributed by atoms with Crippen LogP contribution in [0.5, 0.6) is 17.2 Å². The number of carbonyl (C=O) groups is 1. The maximum atomic E-state index is 13.4. The summed E-state index contributed by atoms with van der Waals surface area (Å²) in [6, 6.07) is 15.7. The van der Waals surface area contributed by atoms with Gasteiger partial charge in [0.25, 0.3) is 5.91 Å². The number of hydrogen-bond donors (Lipinski definition) is 3. The molecule has 226 valence electrons. The molecule has 0 spiro atoms. The van der Waals surface area contributed by atoms with Gasteiger partial charge in [0.1, 0.15) is 34.6 Å². The first-order valence-electron chi connectivity index (χ1n) is 14.4. The molecule has 1 aliphatic rings. The van der Waals surface area contributed by atoms with Crippen molar-refractivity contribution in [2.75, 3.05) is 19.5 Å². The molecule has 43 heavy (non-hydrogen) atoms. The molecular formula is C34H38N2O7. The number of nitrogens with one attached hydrogen (secondary N) is 1. The predicted octanol–water partition coefficient (Wildman–Crippen LogP) is 6.13. The van der Waals surface area contributed by atoms with Crippen LogP contribution < -0.4 is 30.9 Å². The Bertz CT molecular complexity index is 1720. The van der Waals surface area contributed by atoms with Gasteiger partial charge in [0, 0.05) is 39.6 Å². The van der Waals surface area contributed by atoms with Crippen molar-refractivity contribution in [2.45, 2.75) is 64.2 Å². The molecule has 3 unspecified atom stereocenters. The molecule has 9 heteroatoms. The largest absolute Gasteiger partial charge is 0.497 e. The summed E-state index contributed by atoms with van der Waals surface area (Å²) in [6.45, 7) is 5.48. The first-order valence-corrected chi connectivity index (χ1v) is 14.4. The zero-order valence-corrected chi connectivity index (χ0v) is 25.2. The van der Waals surface area contributed by atoms with Crippen molar-refractivity contribution in [1.29, 1.82) is 0 Å². The number of aliphatic hydroxyl groups excluding tert-OH is 1. The minimum Gasteiger partial charge on any atom is -0.497 e. The molecule has 1 heterocycles. The van der Waals surface area contributed by atoms with Gasteiger partial charge >= 0.3 is 5.63 Å². The molecule has 5 rings (SSSR count). The summed E-state index contributed by atoms with van der Waals surface area (Å²) in [5, 5.41) is 13.9. The smallest absolute Gasteiger partial charge is 0.360 e. The van der Waals surface area contributed by atoms with E-state index in [9.17, 15) is 14.7 Å². The Balaban J connectivity index is 1.47. The fraction of sp³-hybridized carbons (Fsp3) is 0.353. The van der Waals surface area contributed by atoms with E-state index in [0.717, 1.165) is 24.8 Å². The number of rotatable bonds is 8. The molecule has 3 atom stereocenters. The van der Waals surface area contributed by atoms with Crippen LogP contribution in [0.3, 0.4) is 0 Å². The van der Waals surface area contributed by atoms with E-state index in [1.54, 1.807) is 58.4 Å². The highest BCUT2D eigenvalue weighted by atomic mass is 16.5. The van der Waals surface area contributed by atoms with Gasteiger partial charge in [-0.05, 0) is 88.1 Å². The molecule has 0 aliphatic heterocycles. The van der Waals surface area contributed by atoms with Gasteiger partial charge in [-0.15, -0.1) is 0 Å². The number of methoxy groups -OCH3 is 2. The Hall–Kier alpha value is -4.34. The molecule has 1 saturated carbocycles. The maximum Gasteiger partial charge on any atom is 0.360 e. The number of amides is 1. The van der Waals surface area contributed by atoms with Crippen LogP contribution in [0.4, 0.5) is 5.69 Å². The molecule has 0 radical (unpaired) electrons. The topological polar surface area (TPSA) is 133 Å². The lowest BCUT2D eigenvalue weighted by Gasteiger charge is -2.35. The summed E-state index contributed by atoms with van der Waals surface area (Å²) < 4.78 is 23.0. The Kier molecular flexibility index (Phi) is 8.48. The van der Waals surface area contributed by atoms with Gasteiger partial charge < -0.3 is 34.8 Å². The van der Waals surface area contributed by atoms with Gasteiger partial charge in [-0.1, -0.05) is 12.1 Å². The fourth-order valence-electron chi connectivity index (χ4n) is 5.78. The Morgan fingerprint density at radius 3 is 2.63 bits per heavy atom. The zero-order valence-electron chi connectivity index (χ0n) is 25.2. The lowest BCUT2D eigenvalue weighted by atomic mass is 9.82. The SMILES string of the molecule is COc1cccc(-c2cc(C(=O)Nc3cc4cc(C(C)O)c(OC5CCCC(C)(N)C5)c(C)c4oc3=O)ccc2OC)c1. The van der Waals surface area contributed by atoms with Crippen molar-refractivity contribution in [3.05, 3.63) is 81.7 Å². The number of nitrogens with two attached hydrogens (primary N) is 1. The molecule has 1 fully saturated rings. The lowest BCUT2D eigenvalue weighted by molar-refractivity contribution is 0.102. The van der Waals surface area contributed by atoms with Gasteiger partial charge in [-0.25, -0.2) is 4.79 Å². The zero-order chi connectivity index (χ0) is 30.9. The molecule has 0 saturated heterocycles. The van der Waals surface area contributed by atoms with Crippen LogP contribution >= 0.6 is 0 Å². The molecule has 1 aromatic heterocycles. The molecule has 1 aliphatic carbocycles. The highest BCUT2D eigenvalue weighted by molar-refractivity contribution is 6.06. The van der Waals surface area contributed by atoms with Crippen molar-refractivity contribution in [3.63, 3.8) is 0 Å². The predicted molar refractivity (Wildman–Crippen MR) is 166 cm³/mol. The van der Waals surface area contributed by atoms with Crippen LogP contribution in [-0.4, -0.2) is 36.9 Å². The van der Waals surface area contributed by atoms with E-state index in [2.05, 4.69) is 5.32 Å². The van der Waals surface area contributed by atoms with Crippen molar-refractivity contribution in [2.24, 2.45) is 5.73 Å². The second kappa shape index (κ2) is 12.1. The van der Waals surface area contributed by atoms with Crippen LogP contribution in [0.1, 0.15) is 67.1 Å². The van der Waals surface area contributed by atoms with E-state index in [1.165, 1.54) is 0 Å². The molecule has 4 N–H and O–H groups in total. The average Bonchev–Trinajstić information content (AvgIpc) is 2.98. The molecule has 3 aromatic carbocycles. The number of anilines is 1. The standard InChI is InChI=1S/C34H38N2O7/c1-19-30-23(16-26(20(2)37)31(19)42-25-10-7-13-34(3,35)18-25)17-28(33(39)43-30)36-32(38)22-11-12-29(41-5)27(15-22)21-8-6-9-24(14-21)40-4/h6,8-9,11-12,14-17,20,25,37H,7,10,13,18,35H2,1-5H3,(H,36,38). The first-order chi connectivity index (χ1) is 20.5. The third kappa shape index (κ3) is 6.38. The number of hydrogen-bond acceptors (Lipinski definition) is 8. The molecule has 1 amide bonds. The highest BCUT2D eigenvalue weighted by Gasteiger charge is 2.31. The van der Waals surface area contributed by atoms with Crippen LogP contribution in [-0.2, 0) is 0 Å². The van der Waals surface area contributed by atoms with Crippen LogP contribution in [0, 0.1) is 6.92 Å². The summed E-state index contributed by atoms with van der Waals surface area (Å²) in [5.74, 6) is 1.25. The number of benzene rings is 3. The van der Waals surface area contributed by atoms with E-state index in [4.69, 9.17) is 24.4 Å². The number of ether oxygens (including phenoxy) is 3. The second-order valence-corrected chi connectivity index (χ2v) is 11.6. The van der Waals surface area contributed by atoms with E-state index in [1.807, 2.05) is 31.2 Å². The summed E-state index contributed by atoms with van der Waals surface area (Å²) >= 11 is 0. The Morgan fingerprint density at radius 2 is 1.93 bits per heavy atom. The number of aliphatic hydroxyl groups is 1. The van der Waals surface area contributed by atoms with E-state index < -0.39 is 17.6 Å². The average molecular weight is 587 g/mol. The second-order valence-electron chi connectivity index (χ2n) is 11.6. The third-order valence-electron chi connectivity index (χ3n) is 8.02. The van der Waals surface area contributed by atoms with Crippen LogP contribution in [0.15, 0.2) is 63.8 Å². The van der Waals surface area contributed by atoms with Gasteiger partial charge in [-0.3, -0.25) is 4.79 Å². The molecule has 9 nitrogen and oxygen atoms in total. The summed E-state index contributed by atoms with van der Waals surface area (Å²) in [5.41, 5.74) is 8.67. The van der Waals surface area contributed by atoms with Crippen molar-refractivity contribution in [1.82, 2.24) is 0 Å². The van der Waals surface area contributed by atoms with Crippen molar-refractivity contribution < 1.29 is 28.5 Å². The van der Waals surface area contributed by atoms with E-state index in [-0.39, 0.29) is 17.3 Å². The third-order valence-corrected chi connectivity index (χ3v) is 8.02. The Morgan fingerprint density at radius 1 is 1.14 bits per heavy atom. The number of fused-ring (bicyclic) bond motifs is 1. The number of aryl methyl sites for hydroxylation is 1. The molecular weight excluding hydrogens is 548 g/mol. The molecule has 0 bridgehead atoms. The summed E-state index contributed by atoms with van der Waals surface area (Å²) in [4.78, 5) is 26.4. The van der Waals surface area contributed by atoms with Crippen LogP contribution in [0.25, 0.3) is 22.1 Å². The molecule has 4 aromatic rings. The first kappa shape index (κ1) is 30.1. The quantitative estimate of drug-likeness (QED) is 0.210. The van der Waals surface area contributed by atoms with Gasteiger partial charge in [0.2, 0.25) is 0 Å². The number of carbonyl (C=O) groups excluding carboxylic acids is 1. The fourth-order valence-corrected chi connectivity index (χ4v) is 5.78. The normalized spacial score (nSPS) is 19.1.